The highest BCUT2D eigenvalue weighted by atomic mass is 32.2. The molecule has 0 atom stereocenters. The number of thiocarbonyl (C=S) groups is 1. The van der Waals surface area contributed by atoms with Gasteiger partial charge in [-0.05, 0) is 59.7 Å². The molecule has 1 aliphatic rings. The van der Waals surface area contributed by atoms with E-state index in [1.54, 1.807) is 24.5 Å². The monoisotopic (exact) mass is 412 g/mol. The SMILES string of the molecule is CCc1ccccc1NC(=S)NCCN1C(=O)S/C(=C\c2cccnc2)C1=O. The summed E-state index contributed by atoms with van der Waals surface area (Å²) >= 11 is 6.26. The van der Waals surface area contributed by atoms with Gasteiger partial charge in [0.15, 0.2) is 5.11 Å². The van der Waals surface area contributed by atoms with Crippen molar-refractivity contribution in [1.82, 2.24) is 15.2 Å². The maximum absolute atomic E-state index is 12.5. The lowest BCUT2D eigenvalue weighted by atomic mass is 10.1. The second kappa shape index (κ2) is 9.48. The van der Waals surface area contributed by atoms with E-state index in [0.29, 0.717) is 16.6 Å². The fraction of sp³-hybridized carbons (Fsp3) is 0.200. The van der Waals surface area contributed by atoms with Crippen molar-refractivity contribution < 1.29 is 9.59 Å². The van der Waals surface area contributed by atoms with E-state index in [-0.39, 0.29) is 17.7 Å². The number of hydrogen-bond donors (Lipinski definition) is 2. The van der Waals surface area contributed by atoms with Gasteiger partial charge in [0.1, 0.15) is 0 Å². The summed E-state index contributed by atoms with van der Waals surface area (Å²) in [5.74, 6) is -0.296. The number of nitrogens with zero attached hydrogens (tertiary/aromatic N) is 2. The van der Waals surface area contributed by atoms with Gasteiger partial charge in [-0.1, -0.05) is 31.2 Å². The molecule has 0 radical (unpaired) electrons. The van der Waals surface area contributed by atoms with Crippen molar-refractivity contribution in [1.29, 1.82) is 0 Å². The summed E-state index contributed by atoms with van der Waals surface area (Å²) in [5, 5.41) is 6.39. The van der Waals surface area contributed by atoms with Gasteiger partial charge >= 0.3 is 0 Å². The number of aromatic nitrogens is 1. The van der Waals surface area contributed by atoms with Crippen molar-refractivity contribution in [3.05, 3.63) is 64.8 Å². The van der Waals surface area contributed by atoms with Crippen molar-refractivity contribution in [2.24, 2.45) is 0 Å². The number of hydrogen-bond acceptors (Lipinski definition) is 5. The fourth-order valence-corrected chi connectivity index (χ4v) is 3.78. The molecule has 2 amide bonds. The number of carbonyl (C=O) groups is 2. The highest BCUT2D eigenvalue weighted by molar-refractivity contribution is 8.18. The summed E-state index contributed by atoms with van der Waals surface area (Å²) in [6.07, 6.45) is 5.88. The maximum Gasteiger partial charge on any atom is 0.293 e. The minimum absolute atomic E-state index is 0.242. The smallest absolute Gasteiger partial charge is 0.293 e. The first-order chi connectivity index (χ1) is 13.6. The molecule has 3 rings (SSSR count). The molecule has 0 saturated carbocycles. The molecule has 0 unspecified atom stereocenters. The van der Waals surface area contributed by atoms with Crippen LogP contribution < -0.4 is 10.6 Å². The number of pyridine rings is 1. The average molecular weight is 413 g/mol. The molecule has 2 aromatic rings. The zero-order chi connectivity index (χ0) is 19.9. The molecule has 1 fully saturated rings. The molecule has 1 saturated heterocycles. The van der Waals surface area contributed by atoms with Gasteiger partial charge in [-0.2, -0.15) is 0 Å². The number of rotatable bonds is 6. The lowest BCUT2D eigenvalue weighted by Crippen LogP contribution is -2.38. The quantitative estimate of drug-likeness (QED) is 0.554. The van der Waals surface area contributed by atoms with Gasteiger partial charge in [0.2, 0.25) is 0 Å². The Balaban J connectivity index is 1.53. The second-order valence-electron chi connectivity index (χ2n) is 6.01. The minimum Gasteiger partial charge on any atom is -0.361 e. The second-order valence-corrected chi connectivity index (χ2v) is 7.41. The molecule has 1 aromatic carbocycles. The van der Waals surface area contributed by atoms with Crippen LogP contribution in [0.25, 0.3) is 6.08 Å². The van der Waals surface area contributed by atoms with E-state index in [2.05, 4.69) is 22.5 Å². The predicted molar refractivity (Wildman–Crippen MR) is 117 cm³/mol. The van der Waals surface area contributed by atoms with Crippen molar-refractivity contribution in [2.45, 2.75) is 13.3 Å². The Kier molecular flexibility index (Phi) is 6.78. The van der Waals surface area contributed by atoms with Crippen LogP contribution in [0.15, 0.2) is 53.7 Å². The highest BCUT2D eigenvalue weighted by Gasteiger charge is 2.34. The van der Waals surface area contributed by atoms with Crippen LogP contribution in [0.4, 0.5) is 10.5 Å². The van der Waals surface area contributed by atoms with Crippen LogP contribution in [0.2, 0.25) is 0 Å². The van der Waals surface area contributed by atoms with Crippen molar-refractivity contribution >= 4 is 52.0 Å². The van der Waals surface area contributed by atoms with Crippen LogP contribution in [0.1, 0.15) is 18.1 Å². The van der Waals surface area contributed by atoms with E-state index in [1.165, 1.54) is 4.90 Å². The zero-order valence-electron chi connectivity index (χ0n) is 15.3. The summed E-state index contributed by atoms with van der Waals surface area (Å²) in [6.45, 7) is 2.69. The van der Waals surface area contributed by atoms with Gasteiger partial charge in [0, 0.05) is 31.2 Å². The lowest BCUT2D eigenvalue weighted by Gasteiger charge is -2.16. The zero-order valence-corrected chi connectivity index (χ0v) is 17.0. The molecule has 1 aliphatic heterocycles. The van der Waals surface area contributed by atoms with Gasteiger partial charge in [-0.15, -0.1) is 0 Å². The van der Waals surface area contributed by atoms with Gasteiger partial charge < -0.3 is 10.6 Å². The van der Waals surface area contributed by atoms with Crippen molar-refractivity contribution in [2.75, 3.05) is 18.4 Å². The Labute approximate surface area is 173 Å². The lowest BCUT2D eigenvalue weighted by molar-refractivity contribution is -0.122. The predicted octanol–water partition coefficient (Wildman–Crippen LogP) is 3.67. The number of anilines is 1. The Bertz CT molecular complexity index is 915. The number of thioether (sulfide) groups is 1. The molecular weight excluding hydrogens is 392 g/mol. The number of benzene rings is 1. The van der Waals surface area contributed by atoms with E-state index in [9.17, 15) is 9.59 Å². The van der Waals surface area contributed by atoms with E-state index < -0.39 is 0 Å². The molecule has 28 heavy (non-hydrogen) atoms. The highest BCUT2D eigenvalue weighted by Crippen LogP contribution is 2.31. The van der Waals surface area contributed by atoms with Crippen molar-refractivity contribution in [3.8, 4) is 0 Å². The molecule has 2 N–H and O–H groups in total. The van der Waals surface area contributed by atoms with Crippen LogP contribution in [0.5, 0.6) is 0 Å². The third kappa shape index (κ3) is 4.96. The molecule has 0 aliphatic carbocycles. The Morgan fingerprint density at radius 1 is 1.25 bits per heavy atom. The third-order valence-corrected chi connectivity index (χ3v) is 5.28. The van der Waals surface area contributed by atoms with Gasteiger partial charge in [0.25, 0.3) is 11.1 Å². The summed E-state index contributed by atoms with van der Waals surface area (Å²) in [5.41, 5.74) is 2.90. The van der Waals surface area contributed by atoms with Crippen LogP contribution in [-0.2, 0) is 11.2 Å². The number of aryl methyl sites for hydroxylation is 1. The first kappa shape index (κ1) is 20.0. The van der Waals surface area contributed by atoms with E-state index in [0.717, 1.165) is 35.0 Å². The van der Waals surface area contributed by atoms with Crippen LogP contribution in [-0.4, -0.2) is 39.2 Å². The molecular formula is C20H20N4O2S2. The number of carbonyl (C=O) groups excluding carboxylic acids is 2. The summed E-state index contributed by atoms with van der Waals surface area (Å²) in [6, 6.07) is 11.6. The van der Waals surface area contributed by atoms with E-state index in [4.69, 9.17) is 12.2 Å². The maximum atomic E-state index is 12.5. The molecule has 0 spiro atoms. The number of amides is 2. The number of para-hydroxylation sites is 1. The summed E-state index contributed by atoms with van der Waals surface area (Å²) < 4.78 is 0. The Morgan fingerprint density at radius 3 is 2.82 bits per heavy atom. The van der Waals surface area contributed by atoms with Crippen LogP contribution in [0, 0.1) is 0 Å². The Hall–Kier alpha value is -2.71. The summed E-state index contributed by atoms with van der Waals surface area (Å²) in [4.78, 5) is 30.3. The molecule has 1 aromatic heterocycles. The molecule has 144 valence electrons. The number of imide groups is 1. The van der Waals surface area contributed by atoms with Crippen LogP contribution in [0.3, 0.4) is 0 Å². The van der Waals surface area contributed by atoms with Crippen molar-refractivity contribution in [3.63, 3.8) is 0 Å². The first-order valence-corrected chi connectivity index (χ1v) is 10.1. The molecule has 2 heterocycles. The van der Waals surface area contributed by atoms with Crippen LogP contribution >= 0.6 is 24.0 Å². The van der Waals surface area contributed by atoms with Gasteiger partial charge in [-0.3, -0.25) is 19.5 Å². The summed E-state index contributed by atoms with van der Waals surface area (Å²) in [7, 11) is 0. The molecule has 6 nitrogen and oxygen atoms in total. The minimum atomic E-state index is -0.296. The fourth-order valence-electron chi connectivity index (χ4n) is 2.70. The van der Waals surface area contributed by atoms with E-state index in [1.807, 2.05) is 30.3 Å². The Morgan fingerprint density at radius 2 is 2.07 bits per heavy atom. The van der Waals surface area contributed by atoms with Gasteiger partial charge in [0.05, 0.1) is 4.91 Å². The number of nitrogens with one attached hydrogen (secondary N) is 2. The van der Waals surface area contributed by atoms with Gasteiger partial charge in [-0.25, -0.2) is 0 Å². The third-order valence-electron chi connectivity index (χ3n) is 4.12. The molecule has 8 heteroatoms. The topological polar surface area (TPSA) is 74.3 Å². The standard InChI is InChI=1S/C20H20N4O2S2/c1-2-15-7-3-4-8-16(15)23-19(27)22-10-11-24-18(25)17(28-20(24)26)12-14-6-5-9-21-13-14/h3-9,12-13H,2,10-11H2,1H3,(H2,22,23,27)/b17-12-. The largest absolute Gasteiger partial charge is 0.361 e. The normalized spacial score (nSPS) is 15.2. The first-order valence-electron chi connectivity index (χ1n) is 8.86. The average Bonchev–Trinajstić information content (AvgIpc) is 2.96. The molecule has 0 bridgehead atoms. The van der Waals surface area contributed by atoms with E-state index >= 15 is 0 Å².